The lowest BCUT2D eigenvalue weighted by atomic mass is 10.2. The number of amides is 1. The van der Waals surface area contributed by atoms with E-state index in [1.807, 2.05) is 18.2 Å². The molecule has 0 bridgehead atoms. The number of hydrogen-bond donors (Lipinski definition) is 1. The number of halogens is 1. The van der Waals surface area contributed by atoms with E-state index < -0.39 is 0 Å². The Morgan fingerprint density at radius 3 is 2.32 bits per heavy atom. The minimum atomic E-state index is -0.0213. The molecule has 0 atom stereocenters. The summed E-state index contributed by atoms with van der Waals surface area (Å²) in [7, 11) is 0. The van der Waals surface area contributed by atoms with Gasteiger partial charge in [-0.2, -0.15) is 0 Å². The van der Waals surface area contributed by atoms with Crippen LogP contribution in [0.1, 0.15) is 19.4 Å². The average Bonchev–Trinajstić information content (AvgIpc) is 2.50. The molecule has 0 saturated heterocycles. The second-order valence-corrected chi connectivity index (χ2v) is 5.98. The molecule has 22 heavy (non-hydrogen) atoms. The lowest BCUT2D eigenvalue weighted by Gasteiger charge is -2.25. The van der Waals surface area contributed by atoms with Crippen LogP contribution in [0.3, 0.4) is 0 Å². The van der Waals surface area contributed by atoms with Crippen molar-refractivity contribution in [2.45, 2.75) is 26.4 Å². The van der Waals surface area contributed by atoms with Crippen molar-refractivity contribution >= 4 is 23.2 Å². The van der Waals surface area contributed by atoms with Crippen LogP contribution in [0.5, 0.6) is 0 Å². The Morgan fingerprint density at radius 2 is 1.73 bits per heavy atom. The fourth-order valence-electron chi connectivity index (χ4n) is 2.16. The molecule has 2 aromatic rings. The summed E-state index contributed by atoms with van der Waals surface area (Å²) < 4.78 is 0. The summed E-state index contributed by atoms with van der Waals surface area (Å²) in [5.41, 5.74) is 1.97. The van der Waals surface area contributed by atoms with E-state index >= 15 is 0 Å². The second kappa shape index (κ2) is 7.97. The Bertz CT molecular complexity index is 596. The Kier molecular flexibility index (Phi) is 5.99. The molecule has 116 valence electrons. The first kappa shape index (κ1) is 16.5. The summed E-state index contributed by atoms with van der Waals surface area (Å²) in [6, 6.07) is 17.6. The minimum absolute atomic E-state index is 0.0213. The van der Waals surface area contributed by atoms with Gasteiger partial charge in [-0.1, -0.05) is 41.9 Å². The highest BCUT2D eigenvalue weighted by atomic mass is 35.5. The number of carbonyl (C=O) groups is 1. The first-order chi connectivity index (χ1) is 10.5. The Labute approximate surface area is 136 Å². The van der Waals surface area contributed by atoms with Crippen LogP contribution < -0.4 is 5.32 Å². The van der Waals surface area contributed by atoms with Crippen molar-refractivity contribution in [1.82, 2.24) is 4.90 Å². The number of carbonyl (C=O) groups excluding carboxylic acids is 1. The van der Waals surface area contributed by atoms with Gasteiger partial charge in [0.1, 0.15) is 0 Å². The van der Waals surface area contributed by atoms with Crippen molar-refractivity contribution in [3.05, 3.63) is 65.2 Å². The SMILES string of the molecule is CC(C)N(CC(=O)Nc1ccc(Cl)cc1)Cc1ccccc1. The smallest absolute Gasteiger partial charge is 0.238 e. The Hall–Kier alpha value is -1.84. The molecule has 0 radical (unpaired) electrons. The highest BCUT2D eigenvalue weighted by Gasteiger charge is 2.14. The van der Waals surface area contributed by atoms with Crippen molar-refractivity contribution in [3.63, 3.8) is 0 Å². The lowest BCUT2D eigenvalue weighted by Crippen LogP contribution is -2.37. The van der Waals surface area contributed by atoms with Gasteiger partial charge in [0, 0.05) is 23.3 Å². The monoisotopic (exact) mass is 316 g/mol. The highest BCUT2D eigenvalue weighted by molar-refractivity contribution is 6.30. The van der Waals surface area contributed by atoms with Gasteiger partial charge < -0.3 is 5.32 Å². The summed E-state index contributed by atoms with van der Waals surface area (Å²) in [6.07, 6.45) is 0. The Morgan fingerprint density at radius 1 is 1.09 bits per heavy atom. The molecular formula is C18H21ClN2O. The standard InChI is InChI=1S/C18H21ClN2O/c1-14(2)21(12-15-6-4-3-5-7-15)13-18(22)20-17-10-8-16(19)9-11-17/h3-11,14H,12-13H2,1-2H3,(H,20,22). The van der Waals surface area contributed by atoms with Gasteiger partial charge in [0.15, 0.2) is 0 Å². The van der Waals surface area contributed by atoms with E-state index in [0.717, 1.165) is 12.2 Å². The molecule has 0 heterocycles. The fraction of sp³-hybridized carbons (Fsp3) is 0.278. The predicted molar refractivity (Wildman–Crippen MR) is 92.1 cm³/mol. The van der Waals surface area contributed by atoms with Gasteiger partial charge >= 0.3 is 0 Å². The molecule has 0 aliphatic heterocycles. The van der Waals surface area contributed by atoms with E-state index in [1.54, 1.807) is 24.3 Å². The second-order valence-electron chi connectivity index (χ2n) is 5.54. The molecule has 4 heteroatoms. The van der Waals surface area contributed by atoms with Crippen LogP contribution in [-0.2, 0) is 11.3 Å². The van der Waals surface area contributed by atoms with Crippen molar-refractivity contribution < 1.29 is 4.79 Å². The third-order valence-corrected chi connectivity index (χ3v) is 3.69. The topological polar surface area (TPSA) is 32.3 Å². The summed E-state index contributed by atoms with van der Waals surface area (Å²) in [5, 5.41) is 3.56. The molecule has 0 aliphatic carbocycles. The molecule has 1 N–H and O–H groups in total. The van der Waals surface area contributed by atoms with Gasteiger partial charge in [-0.05, 0) is 43.7 Å². The molecule has 0 spiro atoms. The molecule has 1 amide bonds. The largest absolute Gasteiger partial charge is 0.325 e. The van der Waals surface area contributed by atoms with Crippen LogP contribution in [0.2, 0.25) is 5.02 Å². The van der Waals surface area contributed by atoms with Gasteiger partial charge in [-0.3, -0.25) is 9.69 Å². The first-order valence-electron chi connectivity index (χ1n) is 7.38. The molecule has 0 unspecified atom stereocenters. The Balaban J connectivity index is 1.95. The van der Waals surface area contributed by atoms with Gasteiger partial charge in [-0.15, -0.1) is 0 Å². The van der Waals surface area contributed by atoms with Crippen LogP contribution in [0.4, 0.5) is 5.69 Å². The lowest BCUT2D eigenvalue weighted by molar-refractivity contribution is -0.117. The van der Waals surface area contributed by atoms with E-state index in [4.69, 9.17) is 11.6 Å². The van der Waals surface area contributed by atoms with E-state index in [2.05, 4.69) is 36.2 Å². The van der Waals surface area contributed by atoms with Crippen LogP contribution in [0.15, 0.2) is 54.6 Å². The van der Waals surface area contributed by atoms with Crippen molar-refractivity contribution in [3.8, 4) is 0 Å². The van der Waals surface area contributed by atoms with E-state index in [0.29, 0.717) is 11.6 Å². The maximum atomic E-state index is 12.2. The zero-order chi connectivity index (χ0) is 15.9. The predicted octanol–water partition coefficient (Wildman–Crippen LogP) is 4.19. The molecular weight excluding hydrogens is 296 g/mol. The van der Waals surface area contributed by atoms with E-state index in [9.17, 15) is 4.79 Å². The van der Waals surface area contributed by atoms with E-state index in [-0.39, 0.29) is 11.9 Å². The zero-order valence-corrected chi connectivity index (χ0v) is 13.7. The average molecular weight is 317 g/mol. The maximum Gasteiger partial charge on any atom is 0.238 e. The number of anilines is 1. The number of nitrogens with one attached hydrogen (secondary N) is 1. The first-order valence-corrected chi connectivity index (χ1v) is 7.76. The molecule has 0 aromatic heterocycles. The summed E-state index contributed by atoms with van der Waals surface area (Å²) in [4.78, 5) is 14.4. The minimum Gasteiger partial charge on any atom is -0.325 e. The van der Waals surface area contributed by atoms with E-state index in [1.165, 1.54) is 5.56 Å². The summed E-state index contributed by atoms with van der Waals surface area (Å²) in [6.45, 7) is 5.30. The van der Waals surface area contributed by atoms with Gasteiger partial charge in [-0.25, -0.2) is 0 Å². The quantitative estimate of drug-likeness (QED) is 0.866. The van der Waals surface area contributed by atoms with Gasteiger partial charge in [0.05, 0.1) is 6.54 Å². The zero-order valence-electron chi connectivity index (χ0n) is 12.9. The number of hydrogen-bond acceptors (Lipinski definition) is 2. The van der Waals surface area contributed by atoms with Crippen molar-refractivity contribution in [2.24, 2.45) is 0 Å². The van der Waals surface area contributed by atoms with Gasteiger partial charge in [0.2, 0.25) is 5.91 Å². The molecule has 3 nitrogen and oxygen atoms in total. The highest BCUT2D eigenvalue weighted by Crippen LogP contribution is 2.14. The molecule has 0 fully saturated rings. The van der Waals surface area contributed by atoms with Crippen LogP contribution in [0.25, 0.3) is 0 Å². The van der Waals surface area contributed by atoms with Crippen LogP contribution in [0, 0.1) is 0 Å². The summed E-state index contributed by atoms with van der Waals surface area (Å²) in [5.74, 6) is -0.0213. The number of nitrogens with zero attached hydrogens (tertiary/aromatic N) is 1. The normalized spacial score (nSPS) is 11.0. The molecule has 2 rings (SSSR count). The number of benzene rings is 2. The fourth-order valence-corrected chi connectivity index (χ4v) is 2.28. The molecule has 2 aromatic carbocycles. The molecule has 0 saturated carbocycles. The van der Waals surface area contributed by atoms with Crippen LogP contribution in [-0.4, -0.2) is 23.4 Å². The third-order valence-electron chi connectivity index (χ3n) is 3.43. The number of rotatable bonds is 6. The van der Waals surface area contributed by atoms with Crippen LogP contribution >= 0.6 is 11.6 Å². The summed E-state index contributed by atoms with van der Waals surface area (Å²) >= 11 is 5.84. The van der Waals surface area contributed by atoms with Crippen molar-refractivity contribution in [2.75, 3.05) is 11.9 Å². The van der Waals surface area contributed by atoms with Crippen molar-refractivity contribution in [1.29, 1.82) is 0 Å². The van der Waals surface area contributed by atoms with Gasteiger partial charge in [0.25, 0.3) is 0 Å². The molecule has 0 aliphatic rings. The maximum absolute atomic E-state index is 12.2. The third kappa shape index (κ3) is 5.17.